The van der Waals surface area contributed by atoms with E-state index in [2.05, 4.69) is 20.9 Å². The van der Waals surface area contributed by atoms with Crippen molar-refractivity contribution >= 4 is 40.8 Å². The van der Waals surface area contributed by atoms with Crippen LogP contribution in [0.2, 0.25) is 10.2 Å². The van der Waals surface area contributed by atoms with Gasteiger partial charge in [0.1, 0.15) is 6.04 Å². The van der Waals surface area contributed by atoms with Crippen LogP contribution in [0.15, 0.2) is 54.7 Å². The zero-order chi connectivity index (χ0) is 20.8. The number of hydrogen-bond acceptors (Lipinski definition) is 5. The van der Waals surface area contributed by atoms with Gasteiger partial charge in [0.2, 0.25) is 5.91 Å². The Kier molecular flexibility index (Phi) is 6.82. The SMILES string of the molecule is O=C(CN[C@@H](Cc1ccccc1)C(=O)O)Nc1cc(Cl)ccc1-n1cc(Cl)nn1. The van der Waals surface area contributed by atoms with E-state index >= 15 is 0 Å². The fourth-order valence-corrected chi connectivity index (χ4v) is 2.97. The molecule has 3 N–H and O–H groups in total. The van der Waals surface area contributed by atoms with Crippen molar-refractivity contribution in [1.82, 2.24) is 20.3 Å². The molecule has 0 saturated carbocycles. The number of carboxylic acids is 1. The number of carbonyl (C=O) groups is 2. The highest BCUT2D eigenvalue weighted by Crippen LogP contribution is 2.24. The topological polar surface area (TPSA) is 109 Å². The largest absolute Gasteiger partial charge is 0.480 e. The summed E-state index contributed by atoms with van der Waals surface area (Å²) in [6.07, 6.45) is 1.74. The molecule has 0 aliphatic carbocycles. The molecule has 3 rings (SSSR count). The number of aliphatic carboxylic acids is 1. The number of anilines is 1. The smallest absolute Gasteiger partial charge is 0.321 e. The molecule has 1 heterocycles. The van der Waals surface area contributed by atoms with Crippen molar-refractivity contribution in [1.29, 1.82) is 0 Å². The van der Waals surface area contributed by atoms with E-state index in [9.17, 15) is 14.7 Å². The third-order valence-corrected chi connectivity index (χ3v) is 4.44. The second kappa shape index (κ2) is 9.51. The summed E-state index contributed by atoms with van der Waals surface area (Å²) in [5, 5.41) is 23.1. The van der Waals surface area contributed by atoms with Gasteiger partial charge in [-0.25, -0.2) is 4.68 Å². The summed E-state index contributed by atoms with van der Waals surface area (Å²) >= 11 is 11.8. The third-order valence-electron chi connectivity index (χ3n) is 4.03. The molecule has 0 aliphatic heterocycles. The van der Waals surface area contributed by atoms with Crippen LogP contribution in [-0.4, -0.2) is 44.6 Å². The maximum Gasteiger partial charge on any atom is 0.321 e. The fraction of sp³-hybridized carbons (Fsp3) is 0.158. The summed E-state index contributed by atoms with van der Waals surface area (Å²) in [5.41, 5.74) is 1.76. The lowest BCUT2D eigenvalue weighted by Crippen LogP contribution is -2.42. The number of rotatable bonds is 8. The molecule has 2 aromatic carbocycles. The van der Waals surface area contributed by atoms with E-state index in [4.69, 9.17) is 23.2 Å². The summed E-state index contributed by atoms with van der Waals surface area (Å²) < 4.78 is 1.40. The Balaban J connectivity index is 1.67. The van der Waals surface area contributed by atoms with Gasteiger partial charge in [0.05, 0.1) is 24.1 Å². The quantitative estimate of drug-likeness (QED) is 0.503. The lowest BCUT2D eigenvalue weighted by Gasteiger charge is -2.15. The normalized spacial score (nSPS) is 11.8. The van der Waals surface area contributed by atoms with Crippen LogP contribution in [0.3, 0.4) is 0 Å². The second-order valence-corrected chi connectivity index (χ2v) is 6.98. The van der Waals surface area contributed by atoms with Crippen molar-refractivity contribution in [3.05, 3.63) is 70.5 Å². The molecule has 0 fully saturated rings. The van der Waals surface area contributed by atoms with Crippen molar-refractivity contribution in [3.8, 4) is 5.69 Å². The third kappa shape index (κ3) is 5.77. The molecule has 0 radical (unpaired) electrons. The highest BCUT2D eigenvalue weighted by atomic mass is 35.5. The minimum atomic E-state index is -1.04. The Morgan fingerprint density at radius 1 is 1.14 bits per heavy atom. The number of amides is 1. The number of aromatic nitrogens is 3. The van der Waals surface area contributed by atoms with Crippen LogP contribution >= 0.6 is 23.2 Å². The minimum Gasteiger partial charge on any atom is -0.480 e. The first kappa shape index (κ1) is 20.8. The Hall–Kier alpha value is -2.94. The van der Waals surface area contributed by atoms with Gasteiger partial charge >= 0.3 is 5.97 Å². The first-order chi connectivity index (χ1) is 13.9. The maximum atomic E-state index is 12.4. The van der Waals surface area contributed by atoms with Gasteiger partial charge < -0.3 is 10.4 Å². The van der Waals surface area contributed by atoms with Gasteiger partial charge in [0, 0.05) is 5.02 Å². The van der Waals surface area contributed by atoms with Crippen molar-refractivity contribution in [2.75, 3.05) is 11.9 Å². The number of halogens is 2. The number of carbonyl (C=O) groups excluding carboxylic acids is 1. The van der Waals surface area contributed by atoms with Crippen molar-refractivity contribution < 1.29 is 14.7 Å². The standard InChI is InChI=1S/C19H17Cl2N5O3/c20-13-6-7-16(26-11-17(21)24-25-26)14(9-13)23-18(27)10-22-15(19(28)29)8-12-4-2-1-3-5-12/h1-7,9,11,15,22H,8,10H2,(H,23,27)(H,28,29)/t15-/m0/s1. The highest BCUT2D eigenvalue weighted by Gasteiger charge is 2.19. The van der Waals surface area contributed by atoms with E-state index in [-0.39, 0.29) is 18.1 Å². The number of hydrogen-bond donors (Lipinski definition) is 3. The first-order valence-corrected chi connectivity index (χ1v) is 9.35. The molecule has 3 aromatic rings. The second-order valence-electron chi connectivity index (χ2n) is 6.16. The maximum absolute atomic E-state index is 12.4. The molecule has 0 spiro atoms. The van der Waals surface area contributed by atoms with E-state index in [0.29, 0.717) is 16.4 Å². The summed E-state index contributed by atoms with van der Waals surface area (Å²) in [6, 6.07) is 13.1. The summed E-state index contributed by atoms with van der Waals surface area (Å²) in [6.45, 7) is -0.201. The number of benzene rings is 2. The van der Waals surface area contributed by atoms with E-state index < -0.39 is 17.9 Å². The zero-order valence-electron chi connectivity index (χ0n) is 15.0. The number of nitrogens with one attached hydrogen (secondary N) is 2. The van der Waals surface area contributed by atoms with Gasteiger partial charge in [-0.05, 0) is 30.2 Å². The predicted octanol–water partition coefficient (Wildman–Crippen LogP) is 2.80. The van der Waals surface area contributed by atoms with Crippen LogP contribution in [0.5, 0.6) is 0 Å². The van der Waals surface area contributed by atoms with Gasteiger partial charge in [-0.3, -0.25) is 14.9 Å². The van der Waals surface area contributed by atoms with E-state index in [1.807, 2.05) is 30.3 Å². The zero-order valence-corrected chi connectivity index (χ0v) is 16.6. The number of carboxylic acid groups (broad SMARTS) is 1. The predicted molar refractivity (Wildman–Crippen MR) is 110 cm³/mol. The molecular formula is C19H17Cl2N5O3. The lowest BCUT2D eigenvalue weighted by atomic mass is 10.1. The van der Waals surface area contributed by atoms with Crippen LogP contribution < -0.4 is 10.6 Å². The monoisotopic (exact) mass is 433 g/mol. The van der Waals surface area contributed by atoms with Crippen LogP contribution in [0.4, 0.5) is 5.69 Å². The van der Waals surface area contributed by atoms with Crippen molar-refractivity contribution in [2.24, 2.45) is 0 Å². The van der Waals surface area contributed by atoms with Crippen molar-refractivity contribution in [2.45, 2.75) is 12.5 Å². The summed E-state index contributed by atoms with van der Waals surface area (Å²) in [7, 11) is 0. The highest BCUT2D eigenvalue weighted by molar-refractivity contribution is 6.31. The molecule has 8 nitrogen and oxygen atoms in total. The molecule has 1 aromatic heterocycles. The Morgan fingerprint density at radius 2 is 1.90 bits per heavy atom. The van der Waals surface area contributed by atoms with E-state index in [1.165, 1.54) is 10.9 Å². The first-order valence-electron chi connectivity index (χ1n) is 8.60. The van der Waals surface area contributed by atoms with Gasteiger partial charge in [-0.15, -0.1) is 5.10 Å². The molecule has 0 bridgehead atoms. The molecule has 10 heteroatoms. The molecule has 29 heavy (non-hydrogen) atoms. The minimum absolute atomic E-state index is 0.198. The van der Waals surface area contributed by atoms with Crippen molar-refractivity contribution in [3.63, 3.8) is 0 Å². The molecule has 0 saturated heterocycles. The lowest BCUT2D eigenvalue weighted by molar-refractivity contribution is -0.139. The van der Waals surface area contributed by atoms with Crippen LogP contribution in [0.1, 0.15) is 5.56 Å². The Morgan fingerprint density at radius 3 is 2.55 bits per heavy atom. The van der Waals surface area contributed by atoms with Crippen LogP contribution in [0.25, 0.3) is 5.69 Å². The van der Waals surface area contributed by atoms with Crippen LogP contribution in [-0.2, 0) is 16.0 Å². The molecule has 1 amide bonds. The Bertz CT molecular complexity index is 1010. The molecule has 1 atom stereocenters. The van der Waals surface area contributed by atoms with Crippen LogP contribution in [0, 0.1) is 0 Å². The summed E-state index contributed by atoms with van der Waals surface area (Å²) in [4.78, 5) is 23.9. The van der Waals surface area contributed by atoms with Gasteiger partial charge in [0.15, 0.2) is 5.15 Å². The van der Waals surface area contributed by atoms with Gasteiger partial charge in [-0.1, -0.05) is 58.7 Å². The summed E-state index contributed by atoms with van der Waals surface area (Å²) in [5.74, 6) is -1.47. The molecular weight excluding hydrogens is 417 g/mol. The van der Waals surface area contributed by atoms with E-state index in [1.54, 1.807) is 18.2 Å². The molecule has 150 valence electrons. The fourth-order valence-electron chi connectivity index (χ4n) is 2.68. The van der Waals surface area contributed by atoms with E-state index in [0.717, 1.165) is 5.56 Å². The van der Waals surface area contributed by atoms with Gasteiger partial charge in [0.25, 0.3) is 0 Å². The average Bonchev–Trinajstić information content (AvgIpc) is 3.12. The van der Waals surface area contributed by atoms with Gasteiger partial charge in [-0.2, -0.15) is 0 Å². The molecule has 0 unspecified atom stereocenters. The average molecular weight is 434 g/mol. The Labute approximate surface area is 176 Å². The molecule has 0 aliphatic rings. The number of nitrogens with zero attached hydrogens (tertiary/aromatic N) is 3.